The van der Waals surface area contributed by atoms with Gasteiger partial charge in [-0.2, -0.15) is 0 Å². The van der Waals surface area contributed by atoms with Gasteiger partial charge in [0.05, 0.1) is 29.5 Å². The van der Waals surface area contributed by atoms with Crippen molar-refractivity contribution >= 4 is 11.6 Å². The van der Waals surface area contributed by atoms with E-state index in [0.29, 0.717) is 11.1 Å². The lowest BCUT2D eigenvalue weighted by Crippen LogP contribution is -2.21. The van der Waals surface area contributed by atoms with Gasteiger partial charge in [0, 0.05) is 17.2 Å². The number of ether oxygens (including phenoxy) is 2. The second-order valence-electron chi connectivity index (χ2n) is 9.67. The van der Waals surface area contributed by atoms with Crippen molar-refractivity contribution < 1.29 is 49.7 Å². The summed E-state index contributed by atoms with van der Waals surface area (Å²) < 4.78 is 12.1. The number of phenolic OH excluding ortho intramolecular Hbond substituents is 6. The van der Waals surface area contributed by atoms with Gasteiger partial charge in [-0.05, 0) is 54.1 Å². The molecule has 0 bridgehead atoms. The average molecular weight is 542 g/mol. The van der Waals surface area contributed by atoms with E-state index in [2.05, 4.69) is 0 Å². The molecule has 2 heterocycles. The molecule has 10 heteroatoms. The number of ketones is 2. The summed E-state index contributed by atoms with van der Waals surface area (Å²) in [6.45, 7) is 0. The summed E-state index contributed by atoms with van der Waals surface area (Å²) in [5, 5.41) is 61.2. The van der Waals surface area contributed by atoms with Crippen LogP contribution in [0.4, 0.5) is 0 Å². The van der Waals surface area contributed by atoms with E-state index < -0.39 is 29.5 Å². The molecule has 0 saturated heterocycles. The molecule has 4 aromatic rings. The van der Waals surface area contributed by atoms with Crippen molar-refractivity contribution in [3.63, 3.8) is 0 Å². The molecule has 0 saturated carbocycles. The largest absolute Gasteiger partial charge is 0.508 e. The van der Waals surface area contributed by atoms with Crippen LogP contribution in [0.5, 0.6) is 46.0 Å². The zero-order chi connectivity index (χ0) is 28.3. The molecule has 2 aliphatic rings. The van der Waals surface area contributed by atoms with Gasteiger partial charge in [0.15, 0.2) is 28.8 Å². The van der Waals surface area contributed by atoms with E-state index in [1.807, 2.05) is 0 Å². The van der Waals surface area contributed by atoms with Crippen LogP contribution in [0.1, 0.15) is 56.9 Å². The van der Waals surface area contributed by atoms with Crippen molar-refractivity contribution in [2.75, 3.05) is 0 Å². The van der Waals surface area contributed by atoms with E-state index in [1.165, 1.54) is 42.5 Å². The highest BCUT2D eigenvalue weighted by molar-refractivity contribution is 6.04. The number of hydrogen-bond acceptors (Lipinski definition) is 10. The first-order valence-corrected chi connectivity index (χ1v) is 12.3. The standard InChI is InChI=1S/C30H22O10/c31-15-2-3-16-21(34)11-25(39-27(16)10-15)13-1-5-19(32)18(7-13)28-20(33)6-4-17-22(35)12-26(40-30(17)28)14-8-23(36)29(38)24(37)9-14/h1-10,25-26,31-33,36-38H,11-12H2/t25-,26+/m1/s1. The van der Waals surface area contributed by atoms with Crippen molar-refractivity contribution in [2.45, 2.75) is 25.0 Å². The van der Waals surface area contributed by atoms with Crippen molar-refractivity contribution in [3.8, 4) is 57.1 Å². The van der Waals surface area contributed by atoms with Crippen LogP contribution in [-0.4, -0.2) is 42.2 Å². The Morgan fingerprint density at radius 2 is 1.20 bits per heavy atom. The van der Waals surface area contributed by atoms with Gasteiger partial charge in [-0.1, -0.05) is 6.07 Å². The minimum Gasteiger partial charge on any atom is -0.508 e. The van der Waals surface area contributed by atoms with Gasteiger partial charge in [-0.3, -0.25) is 9.59 Å². The molecule has 6 rings (SSSR count). The van der Waals surface area contributed by atoms with Crippen LogP contribution in [0.3, 0.4) is 0 Å². The number of carbonyl (C=O) groups is 2. The summed E-state index contributed by atoms with van der Waals surface area (Å²) in [5.74, 6) is -2.89. The molecule has 2 aliphatic heterocycles. The quantitative estimate of drug-likeness (QED) is 0.193. The number of benzene rings is 4. The SMILES string of the molecule is O=C1C[C@H](c2ccc(O)c(-c3c(O)ccc4c3O[C@H](c3cc(O)c(O)c(O)c3)CC4=O)c2)Oc2cc(O)ccc21. The minimum atomic E-state index is -0.994. The van der Waals surface area contributed by atoms with Crippen molar-refractivity contribution in [1.29, 1.82) is 0 Å². The fourth-order valence-electron chi connectivity index (χ4n) is 5.09. The van der Waals surface area contributed by atoms with E-state index in [0.717, 1.165) is 12.1 Å². The van der Waals surface area contributed by atoms with Gasteiger partial charge in [-0.15, -0.1) is 0 Å². The first-order chi connectivity index (χ1) is 19.1. The van der Waals surface area contributed by atoms with Crippen LogP contribution in [0, 0.1) is 0 Å². The van der Waals surface area contributed by atoms with Crippen LogP contribution in [-0.2, 0) is 0 Å². The van der Waals surface area contributed by atoms with E-state index in [-0.39, 0.29) is 75.4 Å². The fraction of sp³-hybridized carbons (Fsp3) is 0.133. The van der Waals surface area contributed by atoms with Crippen molar-refractivity contribution in [1.82, 2.24) is 0 Å². The second-order valence-corrected chi connectivity index (χ2v) is 9.67. The zero-order valence-electron chi connectivity index (χ0n) is 20.7. The first-order valence-electron chi connectivity index (χ1n) is 12.3. The van der Waals surface area contributed by atoms with Gasteiger partial charge < -0.3 is 40.1 Å². The Labute approximate surface area is 226 Å². The summed E-state index contributed by atoms with van der Waals surface area (Å²) in [6, 6.07) is 13.7. The molecule has 40 heavy (non-hydrogen) atoms. The maximum absolute atomic E-state index is 13.1. The smallest absolute Gasteiger partial charge is 0.200 e. The predicted molar refractivity (Wildman–Crippen MR) is 139 cm³/mol. The summed E-state index contributed by atoms with van der Waals surface area (Å²) in [4.78, 5) is 25.9. The molecular formula is C30H22O10. The number of phenols is 6. The predicted octanol–water partition coefficient (Wildman–Crippen LogP) is 5.00. The number of carbonyl (C=O) groups excluding carboxylic acids is 2. The highest BCUT2D eigenvalue weighted by Crippen LogP contribution is 2.50. The summed E-state index contributed by atoms with van der Waals surface area (Å²) in [6.07, 6.45) is -1.92. The van der Waals surface area contributed by atoms with Crippen LogP contribution in [0.25, 0.3) is 11.1 Å². The molecular weight excluding hydrogens is 520 g/mol. The van der Waals surface area contributed by atoms with E-state index in [4.69, 9.17) is 9.47 Å². The zero-order valence-corrected chi connectivity index (χ0v) is 20.7. The maximum Gasteiger partial charge on any atom is 0.200 e. The highest BCUT2D eigenvalue weighted by atomic mass is 16.5. The number of hydrogen-bond donors (Lipinski definition) is 6. The Balaban J connectivity index is 1.43. The molecule has 2 atom stereocenters. The highest BCUT2D eigenvalue weighted by Gasteiger charge is 2.34. The summed E-state index contributed by atoms with van der Waals surface area (Å²) >= 11 is 0. The Hall–Kier alpha value is -5.38. The van der Waals surface area contributed by atoms with Crippen LogP contribution >= 0.6 is 0 Å². The lowest BCUT2D eigenvalue weighted by molar-refractivity contribution is 0.0839. The third kappa shape index (κ3) is 4.06. The summed E-state index contributed by atoms with van der Waals surface area (Å²) in [5.41, 5.74) is 1.30. The summed E-state index contributed by atoms with van der Waals surface area (Å²) in [7, 11) is 0. The van der Waals surface area contributed by atoms with Gasteiger partial charge >= 0.3 is 0 Å². The van der Waals surface area contributed by atoms with E-state index >= 15 is 0 Å². The average Bonchev–Trinajstić information content (AvgIpc) is 2.91. The fourth-order valence-corrected chi connectivity index (χ4v) is 5.09. The minimum absolute atomic E-state index is 0.00817. The number of Topliss-reactive ketones (excluding diaryl/α,β-unsaturated/α-hetero) is 2. The molecule has 6 N–H and O–H groups in total. The van der Waals surface area contributed by atoms with Gasteiger partial charge in [0.25, 0.3) is 0 Å². The molecule has 0 unspecified atom stereocenters. The van der Waals surface area contributed by atoms with Crippen molar-refractivity contribution in [3.05, 3.63) is 82.9 Å². The number of fused-ring (bicyclic) bond motifs is 2. The molecule has 10 nitrogen and oxygen atoms in total. The number of rotatable bonds is 3. The number of aromatic hydroxyl groups is 6. The first kappa shape index (κ1) is 24.9. The van der Waals surface area contributed by atoms with Gasteiger partial charge in [0.2, 0.25) is 0 Å². The lowest BCUT2D eigenvalue weighted by atomic mass is 9.89. The molecule has 0 aromatic heterocycles. The van der Waals surface area contributed by atoms with E-state index in [1.54, 1.807) is 6.07 Å². The third-order valence-corrected chi connectivity index (χ3v) is 7.10. The molecule has 0 fully saturated rings. The molecule has 0 aliphatic carbocycles. The topological polar surface area (TPSA) is 174 Å². The van der Waals surface area contributed by atoms with Gasteiger partial charge in [0.1, 0.15) is 41.0 Å². The Morgan fingerprint density at radius 1 is 0.575 bits per heavy atom. The molecule has 0 amide bonds. The molecule has 0 radical (unpaired) electrons. The molecule has 202 valence electrons. The van der Waals surface area contributed by atoms with E-state index in [9.17, 15) is 40.2 Å². The molecule has 0 spiro atoms. The van der Waals surface area contributed by atoms with Crippen LogP contribution in [0.2, 0.25) is 0 Å². The third-order valence-electron chi connectivity index (χ3n) is 7.10. The maximum atomic E-state index is 13.1. The normalized spacial score (nSPS) is 17.9. The Kier molecular flexibility index (Phi) is 5.69. The Morgan fingerprint density at radius 3 is 1.93 bits per heavy atom. The monoisotopic (exact) mass is 542 g/mol. The van der Waals surface area contributed by atoms with Gasteiger partial charge in [-0.25, -0.2) is 0 Å². The van der Waals surface area contributed by atoms with Crippen molar-refractivity contribution in [2.24, 2.45) is 0 Å². The van der Waals surface area contributed by atoms with Crippen LogP contribution in [0.15, 0.2) is 60.7 Å². The van der Waals surface area contributed by atoms with Crippen LogP contribution < -0.4 is 9.47 Å². The Bertz CT molecular complexity index is 1700. The lowest BCUT2D eigenvalue weighted by Gasteiger charge is -2.29. The molecule has 4 aromatic carbocycles. The second kappa shape index (κ2) is 9.12.